The molecule has 0 bridgehead atoms. The summed E-state index contributed by atoms with van der Waals surface area (Å²) in [6.45, 7) is 8.95. The zero-order valence-corrected chi connectivity index (χ0v) is 14.3. The van der Waals surface area contributed by atoms with Crippen LogP contribution in [0.5, 0.6) is 0 Å². The van der Waals surface area contributed by atoms with E-state index in [0.717, 1.165) is 30.5 Å². The third-order valence-corrected chi connectivity index (χ3v) is 4.76. The van der Waals surface area contributed by atoms with Gasteiger partial charge < -0.3 is 10.1 Å². The second-order valence-electron chi connectivity index (χ2n) is 6.28. The average Bonchev–Trinajstić information content (AvgIpc) is 2.55. The van der Waals surface area contributed by atoms with Gasteiger partial charge in [-0.2, -0.15) is 0 Å². The summed E-state index contributed by atoms with van der Waals surface area (Å²) in [6.07, 6.45) is 6.66. The normalized spacial score (nSPS) is 18.5. The number of nitrogens with zero attached hydrogens (tertiary/aromatic N) is 2. The highest BCUT2D eigenvalue weighted by Crippen LogP contribution is 2.28. The number of aryl methyl sites for hydroxylation is 1. The Hall–Kier alpha value is -1.35. The molecule has 122 valence electrons. The predicted octanol–water partition coefficient (Wildman–Crippen LogP) is 4.25. The molecule has 3 heteroatoms. The number of hydrogen-bond acceptors (Lipinski definition) is 3. The van der Waals surface area contributed by atoms with Crippen LogP contribution in [0.2, 0.25) is 0 Å². The van der Waals surface area contributed by atoms with Crippen molar-refractivity contribution in [2.75, 3.05) is 13.1 Å². The van der Waals surface area contributed by atoms with Crippen molar-refractivity contribution in [2.24, 2.45) is 5.16 Å². The molecule has 22 heavy (non-hydrogen) atoms. The van der Waals surface area contributed by atoms with Crippen molar-refractivity contribution in [1.82, 2.24) is 4.90 Å². The summed E-state index contributed by atoms with van der Waals surface area (Å²) in [5.74, 6) is 0. The summed E-state index contributed by atoms with van der Waals surface area (Å²) in [5, 5.41) is 12.8. The van der Waals surface area contributed by atoms with Gasteiger partial charge in [0.25, 0.3) is 0 Å². The molecule has 0 saturated carbocycles. The minimum atomic E-state index is 0.630. The molecule has 0 heterocycles. The van der Waals surface area contributed by atoms with Crippen LogP contribution in [-0.2, 0) is 12.8 Å². The predicted molar refractivity (Wildman–Crippen MR) is 93.0 cm³/mol. The van der Waals surface area contributed by atoms with Crippen LogP contribution >= 0.6 is 0 Å². The Morgan fingerprint density at radius 3 is 2.55 bits per heavy atom. The van der Waals surface area contributed by atoms with Crippen molar-refractivity contribution in [3.05, 3.63) is 34.9 Å². The Balaban J connectivity index is 2.28. The van der Waals surface area contributed by atoms with Crippen LogP contribution in [0.15, 0.2) is 23.4 Å². The van der Waals surface area contributed by atoms with E-state index in [-0.39, 0.29) is 0 Å². The van der Waals surface area contributed by atoms with Gasteiger partial charge in [0.1, 0.15) is 0 Å². The van der Waals surface area contributed by atoms with Crippen LogP contribution < -0.4 is 0 Å². The highest BCUT2D eigenvalue weighted by Gasteiger charge is 2.26. The summed E-state index contributed by atoms with van der Waals surface area (Å²) in [5.41, 5.74) is 4.82. The van der Waals surface area contributed by atoms with E-state index in [4.69, 9.17) is 0 Å². The van der Waals surface area contributed by atoms with Gasteiger partial charge in [0.2, 0.25) is 0 Å². The molecule has 1 aliphatic carbocycles. The molecule has 0 spiro atoms. The lowest BCUT2D eigenvalue weighted by Gasteiger charge is -2.35. The molecular weight excluding hydrogens is 272 g/mol. The largest absolute Gasteiger partial charge is 0.411 e. The summed E-state index contributed by atoms with van der Waals surface area (Å²) >= 11 is 0. The number of rotatable bonds is 7. The number of hydrogen-bond donors (Lipinski definition) is 1. The summed E-state index contributed by atoms with van der Waals surface area (Å²) in [4.78, 5) is 2.65. The Morgan fingerprint density at radius 1 is 1.23 bits per heavy atom. The number of benzene rings is 1. The standard InChI is InChI=1S/C19H30N2O/c1-4-12-21(13-5-2)16-11-10-15-8-7-9-17(18(15)14-16)19(6-3)20-22/h7-9,16,22H,4-6,10-14H2,1-3H3. The molecule has 0 saturated heterocycles. The van der Waals surface area contributed by atoms with E-state index in [2.05, 4.69) is 49.0 Å². The third kappa shape index (κ3) is 3.70. The monoisotopic (exact) mass is 302 g/mol. The molecule has 1 unspecified atom stereocenters. The van der Waals surface area contributed by atoms with Crippen molar-refractivity contribution in [1.29, 1.82) is 0 Å². The summed E-state index contributed by atoms with van der Waals surface area (Å²) in [6, 6.07) is 7.09. The number of oxime groups is 1. The molecular formula is C19H30N2O. The van der Waals surface area contributed by atoms with E-state index < -0.39 is 0 Å². The fourth-order valence-corrected chi connectivity index (χ4v) is 3.72. The molecule has 0 radical (unpaired) electrons. The molecule has 1 aromatic carbocycles. The molecule has 0 fully saturated rings. The average molecular weight is 302 g/mol. The lowest BCUT2D eigenvalue weighted by atomic mass is 9.83. The van der Waals surface area contributed by atoms with Crippen LogP contribution in [0.4, 0.5) is 0 Å². The molecule has 0 amide bonds. The smallest absolute Gasteiger partial charge is 0.0867 e. The van der Waals surface area contributed by atoms with Crippen LogP contribution in [-0.4, -0.2) is 35.0 Å². The zero-order chi connectivity index (χ0) is 15.9. The quantitative estimate of drug-likeness (QED) is 0.464. The van der Waals surface area contributed by atoms with Gasteiger partial charge in [-0.25, -0.2) is 0 Å². The topological polar surface area (TPSA) is 35.8 Å². The molecule has 0 aliphatic heterocycles. The maximum atomic E-state index is 9.30. The van der Waals surface area contributed by atoms with Crippen LogP contribution in [0.1, 0.15) is 63.1 Å². The van der Waals surface area contributed by atoms with Gasteiger partial charge in [-0.1, -0.05) is 44.1 Å². The van der Waals surface area contributed by atoms with Gasteiger partial charge in [-0.15, -0.1) is 0 Å². The lowest BCUT2D eigenvalue weighted by Crippen LogP contribution is -2.40. The molecule has 0 aromatic heterocycles. The highest BCUT2D eigenvalue weighted by molar-refractivity contribution is 6.01. The Kier molecular flexibility index (Phi) is 6.44. The first kappa shape index (κ1) is 17.0. The van der Waals surface area contributed by atoms with Crippen LogP contribution in [0, 0.1) is 0 Å². The van der Waals surface area contributed by atoms with Crippen molar-refractivity contribution < 1.29 is 5.21 Å². The lowest BCUT2D eigenvalue weighted by molar-refractivity contribution is 0.180. The van der Waals surface area contributed by atoms with E-state index in [1.165, 1.54) is 43.5 Å². The Morgan fingerprint density at radius 2 is 1.95 bits per heavy atom. The minimum absolute atomic E-state index is 0.630. The van der Waals surface area contributed by atoms with Gasteiger partial charge in [0.15, 0.2) is 0 Å². The Labute approximate surface area is 135 Å². The van der Waals surface area contributed by atoms with Crippen LogP contribution in [0.3, 0.4) is 0 Å². The van der Waals surface area contributed by atoms with Crippen molar-refractivity contribution in [3.63, 3.8) is 0 Å². The van der Waals surface area contributed by atoms with E-state index in [1.54, 1.807) is 0 Å². The molecule has 3 nitrogen and oxygen atoms in total. The first-order valence-corrected chi connectivity index (χ1v) is 8.81. The number of fused-ring (bicyclic) bond motifs is 1. The zero-order valence-electron chi connectivity index (χ0n) is 14.3. The maximum absolute atomic E-state index is 9.30. The molecule has 1 aliphatic rings. The first-order chi connectivity index (χ1) is 10.7. The summed E-state index contributed by atoms with van der Waals surface area (Å²) < 4.78 is 0. The van der Waals surface area contributed by atoms with Gasteiger partial charge in [-0.3, -0.25) is 0 Å². The van der Waals surface area contributed by atoms with Crippen molar-refractivity contribution in [3.8, 4) is 0 Å². The Bertz CT molecular complexity index is 504. The van der Waals surface area contributed by atoms with Gasteiger partial charge >= 0.3 is 0 Å². The van der Waals surface area contributed by atoms with Gasteiger partial charge in [0.05, 0.1) is 5.71 Å². The van der Waals surface area contributed by atoms with E-state index in [1.807, 2.05) is 0 Å². The molecule has 1 N–H and O–H groups in total. The van der Waals surface area contributed by atoms with Crippen molar-refractivity contribution >= 4 is 5.71 Å². The van der Waals surface area contributed by atoms with Crippen LogP contribution in [0.25, 0.3) is 0 Å². The van der Waals surface area contributed by atoms with Crippen molar-refractivity contribution in [2.45, 2.75) is 65.3 Å². The third-order valence-electron chi connectivity index (χ3n) is 4.76. The van der Waals surface area contributed by atoms with E-state index in [9.17, 15) is 5.21 Å². The fourth-order valence-electron chi connectivity index (χ4n) is 3.72. The van der Waals surface area contributed by atoms with Gasteiger partial charge in [0, 0.05) is 11.6 Å². The van der Waals surface area contributed by atoms with E-state index >= 15 is 0 Å². The molecule has 1 atom stereocenters. The molecule has 2 rings (SSSR count). The second kappa shape index (κ2) is 8.33. The fraction of sp³-hybridized carbons (Fsp3) is 0.632. The summed E-state index contributed by atoms with van der Waals surface area (Å²) in [7, 11) is 0. The first-order valence-electron chi connectivity index (χ1n) is 8.81. The van der Waals surface area contributed by atoms with E-state index in [0.29, 0.717) is 6.04 Å². The van der Waals surface area contributed by atoms with Gasteiger partial charge in [-0.05, 0) is 62.7 Å². The highest BCUT2D eigenvalue weighted by atomic mass is 16.4. The minimum Gasteiger partial charge on any atom is -0.411 e. The SMILES string of the molecule is CCCN(CCC)C1CCc2cccc(C(CC)=NO)c2C1. The maximum Gasteiger partial charge on any atom is 0.0867 e. The second-order valence-corrected chi connectivity index (χ2v) is 6.28. The molecule has 1 aromatic rings.